The molecule has 1 aromatic heterocycles. The third-order valence-corrected chi connectivity index (χ3v) is 8.55. The standard InChI is InChI=1S/C30H30IN3O2/c1-36-28-8-3-2-7-25(28)29-32-27-14-11-22(21-9-12-23(31)13-10-21)17-26(27)30(35)34(29)19-20-15-16-33(18-20)24-5-4-6-24/h2-3,7-14,17,20,24H,4-6,15-16,18-19H2,1H3. The summed E-state index contributed by atoms with van der Waals surface area (Å²) in [6, 6.07) is 23.0. The monoisotopic (exact) mass is 591 g/mol. The van der Waals surface area contributed by atoms with Gasteiger partial charge in [0.1, 0.15) is 11.6 Å². The summed E-state index contributed by atoms with van der Waals surface area (Å²) in [7, 11) is 1.67. The first-order valence-electron chi connectivity index (χ1n) is 12.8. The maximum absolute atomic E-state index is 14.1. The largest absolute Gasteiger partial charge is 0.496 e. The van der Waals surface area contributed by atoms with Crippen LogP contribution in [0.3, 0.4) is 0 Å². The molecule has 1 aliphatic carbocycles. The number of rotatable bonds is 6. The number of fused-ring (bicyclic) bond motifs is 1. The highest BCUT2D eigenvalue weighted by molar-refractivity contribution is 14.1. The number of nitrogens with zero attached hydrogens (tertiary/aromatic N) is 3. The minimum Gasteiger partial charge on any atom is -0.496 e. The van der Waals surface area contributed by atoms with E-state index in [1.165, 1.54) is 22.8 Å². The van der Waals surface area contributed by atoms with E-state index in [0.29, 0.717) is 29.2 Å². The van der Waals surface area contributed by atoms with Crippen molar-refractivity contribution >= 4 is 33.5 Å². The molecule has 36 heavy (non-hydrogen) atoms. The molecule has 0 spiro atoms. The molecule has 3 aromatic carbocycles. The Kier molecular flexibility index (Phi) is 6.56. The molecule has 1 aliphatic heterocycles. The lowest BCUT2D eigenvalue weighted by Gasteiger charge is -2.34. The van der Waals surface area contributed by atoms with Crippen molar-refractivity contribution in [2.75, 3.05) is 20.2 Å². The minimum atomic E-state index is 0.0235. The summed E-state index contributed by atoms with van der Waals surface area (Å²) in [5.74, 6) is 1.86. The molecule has 1 unspecified atom stereocenters. The molecular formula is C30H30IN3O2. The summed E-state index contributed by atoms with van der Waals surface area (Å²) in [4.78, 5) is 21.8. The number of hydrogen-bond acceptors (Lipinski definition) is 4. The minimum absolute atomic E-state index is 0.0235. The SMILES string of the molecule is COc1ccccc1-c1nc2ccc(-c3ccc(I)cc3)cc2c(=O)n1CC1CCN(C2CCC2)C1. The molecule has 6 heteroatoms. The van der Waals surface area contributed by atoms with Gasteiger partial charge in [0, 0.05) is 22.7 Å². The number of para-hydroxylation sites is 1. The molecule has 5 nitrogen and oxygen atoms in total. The molecule has 184 valence electrons. The highest BCUT2D eigenvalue weighted by Crippen LogP contribution is 2.33. The van der Waals surface area contributed by atoms with Crippen molar-refractivity contribution in [3.63, 3.8) is 0 Å². The third kappa shape index (κ3) is 4.45. The highest BCUT2D eigenvalue weighted by Gasteiger charge is 2.32. The van der Waals surface area contributed by atoms with Gasteiger partial charge in [0.25, 0.3) is 5.56 Å². The Morgan fingerprint density at radius 2 is 1.78 bits per heavy atom. The smallest absolute Gasteiger partial charge is 0.261 e. The first kappa shape index (κ1) is 23.7. The van der Waals surface area contributed by atoms with Crippen LogP contribution in [0.2, 0.25) is 0 Å². The van der Waals surface area contributed by atoms with Gasteiger partial charge in [-0.2, -0.15) is 0 Å². The van der Waals surface area contributed by atoms with Gasteiger partial charge in [-0.15, -0.1) is 0 Å². The van der Waals surface area contributed by atoms with E-state index in [2.05, 4.69) is 57.8 Å². The first-order valence-corrected chi connectivity index (χ1v) is 13.9. The Balaban J connectivity index is 1.45. The van der Waals surface area contributed by atoms with Crippen LogP contribution in [0.15, 0.2) is 71.5 Å². The van der Waals surface area contributed by atoms with Gasteiger partial charge in [0.05, 0.1) is 23.6 Å². The van der Waals surface area contributed by atoms with Gasteiger partial charge < -0.3 is 9.64 Å². The van der Waals surface area contributed by atoms with Gasteiger partial charge in [0.15, 0.2) is 0 Å². The van der Waals surface area contributed by atoms with Crippen LogP contribution >= 0.6 is 22.6 Å². The van der Waals surface area contributed by atoms with E-state index in [9.17, 15) is 4.79 Å². The Hall–Kier alpha value is -2.71. The number of benzene rings is 3. The normalized spacial score (nSPS) is 18.4. The fourth-order valence-corrected chi connectivity index (χ4v) is 5.96. The summed E-state index contributed by atoms with van der Waals surface area (Å²) < 4.78 is 8.77. The third-order valence-electron chi connectivity index (χ3n) is 7.83. The fraction of sp³-hybridized carbons (Fsp3) is 0.333. The van der Waals surface area contributed by atoms with Gasteiger partial charge in [-0.1, -0.05) is 36.8 Å². The molecule has 0 bridgehead atoms. The van der Waals surface area contributed by atoms with Crippen molar-refractivity contribution in [2.45, 2.75) is 38.3 Å². The lowest BCUT2D eigenvalue weighted by atomic mass is 9.92. The van der Waals surface area contributed by atoms with Crippen LogP contribution in [-0.4, -0.2) is 40.7 Å². The van der Waals surface area contributed by atoms with Gasteiger partial charge in [-0.05, 0) is 102 Å². The van der Waals surface area contributed by atoms with Gasteiger partial charge >= 0.3 is 0 Å². The van der Waals surface area contributed by atoms with E-state index in [4.69, 9.17) is 9.72 Å². The molecular weight excluding hydrogens is 561 g/mol. The molecule has 0 amide bonds. The van der Waals surface area contributed by atoms with Crippen LogP contribution < -0.4 is 10.3 Å². The Morgan fingerprint density at radius 1 is 1.00 bits per heavy atom. The van der Waals surface area contributed by atoms with E-state index >= 15 is 0 Å². The summed E-state index contributed by atoms with van der Waals surface area (Å²) in [5.41, 5.74) is 3.73. The van der Waals surface area contributed by atoms with Crippen LogP contribution in [0.25, 0.3) is 33.4 Å². The van der Waals surface area contributed by atoms with Crippen molar-refractivity contribution in [2.24, 2.45) is 5.92 Å². The molecule has 2 fully saturated rings. The zero-order valence-corrected chi connectivity index (χ0v) is 22.6. The summed E-state index contributed by atoms with van der Waals surface area (Å²) in [6.45, 7) is 2.86. The second-order valence-corrected chi connectivity index (χ2v) is 11.3. The predicted octanol–water partition coefficient (Wildman–Crippen LogP) is 6.22. The van der Waals surface area contributed by atoms with Gasteiger partial charge in [-0.25, -0.2) is 4.98 Å². The number of methoxy groups -OCH3 is 1. The Morgan fingerprint density at radius 3 is 2.53 bits per heavy atom. The van der Waals surface area contributed by atoms with E-state index in [-0.39, 0.29) is 5.56 Å². The number of ether oxygens (including phenoxy) is 1. The zero-order chi connectivity index (χ0) is 24.6. The molecule has 1 saturated heterocycles. The van der Waals surface area contributed by atoms with Crippen LogP contribution in [-0.2, 0) is 6.54 Å². The Labute approximate surface area is 225 Å². The molecule has 4 aromatic rings. The lowest BCUT2D eigenvalue weighted by molar-refractivity contribution is 0.152. The van der Waals surface area contributed by atoms with Crippen LogP contribution in [0.4, 0.5) is 0 Å². The fourth-order valence-electron chi connectivity index (χ4n) is 5.60. The molecule has 1 saturated carbocycles. The van der Waals surface area contributed by atoms with Gasteiger partial charge in [0.2, 0.25) is 0 Å². The van der Waals surface area contributed by atoms with E-state index in [1.54, 1.807) is 7.11 Å². The zero-order valence-electron chi connectivity index (χ0n) is 20.5. The second kappa shape index (κ2) is 9.98. The maximum Gasteiger partial charge on any atom is 0.261 e. The van der Waals surface area contributed by atoms with Crippen molar-refractivity contribution in [3.8, 4) is 28.3 Å². The van der Waals surface area contributed by atoms with E-state index in [1.807, 2.05) is 41.0 Å². The molecule has 0 N–H and O–H groups in total. The van der Waals surface area contributed by atoms with Crippen LogP contribution in [0, 0.1) is 9.49 Å². The van der Waals surface area contributed by atoms with E-state index in [0.717, 1.165) is 48.0 Å². The van der Waals surface area contributed by atoms with Crippen molar-refractivity contribution in [3.05, 3.63) is 80.7 Å². The molecule has 2 heterocycles. The summed E-state index contributed by atoms with van der Waals surface area (Å²) in [6.07, 6.45) is 5.10. The molecule has 6 rings (SSSR count). The summed E-state index contributed by atoms with van der Waals surface area (Å²) >= 11 is 2.31. The van der Waals surface area contributed by atoms with Gasteiger partial charge in [-0.3, -0.25) is 9.36 Å². The number of likely N-dealkylation sites (tertiary alicyclic amines) is 1. The highest BCUT2D eigenvalue weighted by atomic mass is 127. The van der Waals surface area contributed by atoms with Crippen LogP contribution in [0.1, 0.15) is 25.7 Å². The summed E-state index contributed by atoms with van der Waals surface area (Å²) in [5, 5.41) is 0.665. The number of aromatic nitrogens is 2. The van der Waals surface area contributed by atoms with E-state index < -0.39 is 0 Å². The first-order chi connectivity index (χ1) is 17.6. The van der Waals surface area contributed by atoms with Crippen LogP contribution in [0.5, 0.6) is 5.75 Å². The van der Waals surface area contributed by atoms with Crippen molar-refractivity contribution in [1.82, 2.24) is 14.5 Å². The Bertz CT molecular complexity index is 1460. The topological polar surface area (TPSA) is 47.4 Å². The average molecular weight is 591 g/mol. The van der Waals surface area contributed by atoms with Crippen molar-refractivity contribution in [1.29, 1.82) is 0 Å². The molecule has 1 atom stereocenters. The van der Waals surface area contributed by atoms with Crippen molar-refractivity contribution < 1.29 is 4.74 Å². The number of halogens is 1. The lowest BCUT2D eigenvalue weighted by Crippen LogP contribution is -2.38. The quantitative estimate of drug-likeness (QED) is 0.250. The maximum atomic E-state index is 14.1. The predicted molar refractivity (Wildman–Crippen MR) is 153 cm³/mol. The molecule has 2 aliphatic rings. The number of hydrogen-bond donors (Lipinski definition) is 0. The second-order valence-electron chi connectivity index (χ2n) is 10.0. The molecule has 0 radical (unpaired) electrons. The average Bonchev–Trinajstić information content (AvgIpc) is 3.32.